The van der Waals surface area contributed by atoms with Crippen LogP contribution in [0.25, 0.3) is 0 Å². The highest BCUT2D eigenvalue weighted by Gasteiger charge is 2.56. The number of hydrogen-bond donors (Lipinski definition) is 0. The third-order valence-electron chi connectivity index (χ3n) is 31.9. The number of Topliss-reactive ketones (excluding diaryl/α,β-unsaturated/α-hetero) is 6. The lowest BCUT2D eigenvalue weighted by molar-refractivity contribution is -0.145. The van der Waals surface area contributed by atoms with Crippen LogP contribution in [0, 0.1) is 104 Å². The molecule has 5 unspecified atom stereocenters. The maximum Gasteiger partial charge on any atom is 0.253 e. The molecular weight excluding hydrogens is 1770 g/mol. The van der Waals surface area contributed by atoms with Crippen molar-refractivity contribution in [1.82, 2.24) is 58.8 Å². The van der Waals surface area contributed by atoms with Gasteiger partial charge in [-0.15, -0.1) is 0 Å². The first-order valence-corrected chi connectivity index (χ1v) is 54.2. The fraction of sp³-hybridized carbons (Fsp3) is 0.761. The summed E-state index contributed by atoms with van der Waals surface area (Å²) >= 11 is 0. The van der Waals surface area contributed by atoms with Crippen molar-refractivity contribution in [2.75, 3.05) is 182 Å². The number of piperidine rings is 1. The van der Waals surface area contributed by atoms with Crippen LogP contribution in [-0.2, 0) is 60.8 Å². The second-order valence-corrected chi connectivity index (χ2v) is 50.0. The van der Waals surface area contributed by atoms with Crippen molar-refractivity contribution in [2.24, 2.45) is 104 Å². The summed E-state index contributed by atoms with van der Waals surface area (Å²) in [5.41, 5.74) is 0.691. The van der Waals surface area contributed by atoms with Crippen molar-refractivity contribution in [1.29, 1.82) is 0 Å². The molecule has 8 fully saturated rings. The normalized spacial score (nSPS) is 25.2. The minimum absolute atomic E-state index is 0.00705. The van der Waals surface area contributed by atoms with Gasteiger partial charge in [-0.25, -0.2) is 0 Å². The summed E-state index contributed by atoms with van der Waals surface area (Å²) < 4.78 is 0. The van der Waals surface area contributed by atoms with Crippen LogP contribution in [0.4, 0.5) is 0 Å². The van der Waals surface area contributed by atoms with Gasteiger partial charge in [0.25, 0.3) is 11.8 Å². The van der Waals surface area contributed by atoms with Gasteiger partial charge in [0.1, 0.15) is 34.7 Å². The number of amides is 6. The van der Waals surface area contributed by atoms with Crippen molar-refractivity contribution >= 4 is 70.1 Å². The first-order chi connectivity index (χ1) is 65.7. The van der Waals surface area contributed by atoms with Crippen LogP contribution in [0.15, 0.2) is 72.8 Å². The van der Waals surface area contributed by atoms with Gasteiger partial charge in [0.2, 0.25) is 23.6 Å². The van der Waals surface area contributed by atoms with E-state index in [0.29, 0.717) is 55.2 Å². The second kappa shape index (κ2) is 53.7. The monoisotopic (exact) mass is 1960 g/mol. The molecule has 4 aliphatic heterocycles. The number of carbonyl (C=O) groups excluding carboxylic acids is 12. The predicted molar refractivity (Wildman–Crippen MR) is 571 cm³/mol. The first kappa shape index (κ1) is 120. The van der Waals surface area contributed by atoms with Crippen LogP contribution in [0.5, 0.6) is 0 Å². The number of likely N-dealkylation sites (N-methyl/N-ethyl adjacent to an activating group) is 11. The standard InChI is InChI=1S/C21H32N2O2.C20H30N2O2.2C20H36N2O2.2C18H30N2O2/c1-21(2,3)19(24)16-17-10-6-7-11-18(17)20(25)22(4)14-15-23-12-8-5-9-13-23;1-20(2,3)18(23)13-15-9-6-7-11-17(15)19(24)22(5)14-16-10-8-12-21(16)4;2*1-6-22-13-9-10-15(22)14-21(5)19(24)17-12-8-7-11-16(17)18(23)20(2,3)4;2*1-18(2,3)16(21)14-12-7-8-13(11-12)15(14)17(22)20(6)10-9-19(4)5/h6-7,10-11H,5,8-9,12-16H2,1-4H3;6-7,9,11,16H,8,10,12-14H2,1-5H3;2*15-17H,6-14H2,1-5H3;2*7-8,12-15H,9-11H2,1-6H3/t;;15-,16+,17-;15-,16-,17+;2*12?,13?,14-,15+/m..0110/s1. The zero-order chi connectivity index (χ0) is 105. The van der Waals surface area contributed by atoms with E-state index in [1.165, 1.54) is 51.4 Å². The van der Waals surface area contributed by atoms with Gasteiger partial charge in [-0.3, -0.25) is 67.3 Å². The summed E-state index contributed by atoms with van der Waals surface area (Å²) in [7, 11) is 21.4. The number of fused-ring (bicyclic) bond motifs is 4. The first-order valence-electron chi connectivity index (χ1n) is 54.2. The molecule has 10 aliphatic rings. The Bertz CT molecular complexity index is 4330. The van der Waals surface area contributed by atoms with Crippen molar-refractivity contribution in [3.05, 3.63) is 95.1 Å². The van der Waals surface area contributed by atoms with Crippen LogP contribution in [-0.4, -0.2) is 329 Å². The molecule has 6 amide bonds. The molecule has 0 N–H and O–H groups in total. The lowest BCUT2D eigenvalue weighted by Crippen LogP contribution is -2.47. The summed E-state index contributed by atoms with van der Waals surface area (Å²) in [6.45, 7) is 54.4. The van der Waals surface area contributed by atoms with E-state index in [-0.39, 0.29) is 163 Å². The lowest BCUT2D eigenvalue weighted by Gasteiger charge is -2.36. The highest BCUT2D eigenvalue weighted by Crippen LogP contribution is 2.53. The summed E-state index contributed by atoms with van der Waals surface area (Å²) in [5.74, 6) is 2.05. The average molecular weight is 1960 g/mol. The molecule has 4 bridgehead atoms. The third kappa shape index (κ3) is 34.6. The summed E-state index contributed by atoms with van der Waals surface area (Å²) in [5, 5.41) is 0. The molecule has 15 atom stereocenters. The fourth-order valence-corrected chi connectivity index (χ4v) is 22.7. The quantitative estimate of drug-likeness (QED) is 0.0637. The number of rotatable bonds is 31. The maximum absolute atomic E-state index is 13.1. The molecule has 4 heterocycles. The van der Waals surface area contributed by atoms with Crippen molar-refractivity contribution in [2.45, 2.75) is 291 Å². The zero-order valence-corrected chi connectivity index (χ0v) is 94.0. The van der Waals surface area contributed by atoms with Gasteiger partial charge >= 0.3 is 0 Å². The van der Waals surface area contributed by atoms with E-state index in [4.69, 9.17) is 0 Å². The van der Waals surface area contributed by atoms with Gasteiger partial charge in [0.05, 0.1) is 11.8 Å². The zero-order valence-electron chi connectivity index (χ0n) is 94.0. The highest BCUT2D eigenvalue weighted by atomic mass is 16.2. The van der Waals surface area contributed by atoms with E-state index in [1.54, 1.807) is 9.80 Å². The number of allylic oxidation sites excluding steroid dienone is 4. The minimum Gasteiger partial charge on any atom is -0.344 e. The maximum atomic E-state index is 13.1. The van der Waals surface area contributed by atoms with Gasteiger partial charge in [-0.2, -0.15) is 0 Å². The number of benzene rings is 2. The smallest absolute Gasteiger partial charge is 0.253 e. The molecule has 24 heteroatoms. The van der Waals surface area contributed by atoms with Gasteiger partial charge < -0.3 is 49.0 Å². The third-order valence-corrected chi connectivity index (χ3v) is 31.9. The number of carbonyl (C=O) groups is 12. The van der Waals surface area contributed by atoms with Crippen LogP contribution in [0.1, 0.15) is 292 Å². The largest absolute Gasteiger partial charge is 0.344 e. The van der Waals surface area contributed by atoms with E-state index in [9.17, 15) is 57.5 Å². The molecule has 12 rings (SSSR count). The predicted octanol–water partition coefficient (Wildman–Crippen LogP) is 17.2. The average Bonchev–Trinajstić information content (AvgIpc) is 1.60. The Morgan fingerprint density at radius 3 is 0.972 bits per heavy atom. The Kier molecular flexibility index (Phi) is 45.9. The molecule has 794 valence electrons. The Labute approximate surface area is 853 Å². The number of likely N-dealkylation sites (tertiary alicyclic amines) is 4. The molecule has 141 heavy (non-hydrogen) atoms. The molecule has 0 spiro atoms. The van der Waals surface area contributed by atoms with Crippen LogP contribution >= 0.6 is 0 Å². The number of ketones is 6. The lowest BCUT2D eigenvalue weighted by atomic mass is 9.70. The van der Waals surface area contributed by atoms with Crippen molar-refractivity contribution in [3.63, 3.8) is 0 Å². The number of nitrogens with zero attached hydrogens (tertiary/aromatic N) is 12. The van der Waals surface area contributed by atoms with E-state index in [2.05, 4.69) is 74.6 Å². The van der Waals surface area contributed by atoms with Crippen molar-refractivity contribution in [3.8, 4) is 0 Å². The Morgan fingerprint density at radius 2 is 0.638 bits per heavy atom. The van der Waals surface area contributed by atoms with Gasteiger partial charge in [0, 0.05) is 211 Å². The fourth-order valence-electron chi connectivity index (χ4n) is 22.7. The highest BCUT2D eigenvalue weighted by molar-refractivity contribution is 6.00. The summed E-state index contributed by atoms with van der Waals surface area (Å²) in [6, 6.07) is 16.4. The van der Waals surface area contributed by atoms with Crippen LogP contribution in [0.2, 0.25) is 0 Å². The second-order valence-electron chi connectivity index (χ2n) is 50.0. The van der Waals surface area contributed by atoms with E-state index >= 15 is 0 Å². The molecule has 24 nitrogen and oxygen atoms in total. The molecule has 0 radical (unpaired) electrons. The topological polar surface area (TPSA) is 244 Å². The van der Waals surface area contributed by atoms with Gasteiger partial charge in [0.15, 0.2) is 0 Å². The summed E-state index contributed by atoms with van der Waals surface area (Å²) in [6.07, 6.45) is 30.0. The Hall–Kier alpha value is -7.48. The van der Waals surface area contributed by atoms with E-state index in [1.807, 2.05) is 263 Å². The Morgan fingerprint density at radius 1 is 0.312 bits per heavy atom. The minimum atomic E-state index is -0.394. The van der Waals surface area contributed by atoms with E-state index in [0.717, 1.165) is 173 Å². The molecule has 6 aliphatic carbocycles. The number of hydrogen-bond acceptors (Lipinski definition) is 18. The molecule has 2 aromatic rings. The molecule has 0 aromatic heterocycles. The molecule has 2 aromatic carbocycles. The van der Waals surface area contributed by atoms with Crippen molar-refractivity contribution < 1.29 is 57.5 Å². The summed E-state index contributed by atoms with van der Waals surface area (Å²) in [4.78, 5) is 179. The molecular formula is C117H194N12O12. The molecule has 4 saturated heterocycles. The van der Waals surface area contributed by atoms with Gasteiger partial charge in [-0.05, 0) is 218 Å². The van der Waals surface area contributed by atoms with Crippen LogP contribution < -0.4 is 0 Å². The van der Waals surface area contributed by atoms with Crippen LogP contribution in [0.3, 0.4) is 0 Å². The van der Waals surface area contributed by atoms with E-state index < -0.39 is 10.8 Å². The Balaban J connectivity index is 0.000000230. The molecule has 4 saturated carbocycles. The van der Waals surface area contributed by atoms with Gasteiger partial charge in [-0.1, -0.05) is 231 Å². The SMILES string of the molecule is CCN1CCC[C@@H]1CN(C)C(=O)[C@H]1CCCC[C@H]1C(=O)C(C)(C)C.CCN1CCC[C@H]1CN(C)C(=O)[C@H]1CCCC[C@H]1C(=O)C(C)(C)C.CN(C)CCN(C)C(=O)[C@@H]1C2C=CC(C2)[C@@H]1C(=O)C(C)(C)C.CN(C)CCN(C)C(=O)[C@H]1C2C=CC(C2)[C@H]1C(=O)C(C)(C)C.CN(CC1CCCN1C)C(=O)c1ccccc1CC(=O)C(C)(C)C.CN(CCN1CCCCC1)C(=O)c1ccccc1CC(=O)C(C)(C)C.